The molecule has 4 nitrogen and oxygen atoms in total. The highest BCUT2D eigenvalue weighted by Gasteiger charge is 1.99. The fraction of sp³-hybridized carbons (Fsp3) is 0.125. The van der Waals surface area contributed by atoms with Gasteiger partial charge in [0.25, 0.3) is 0 Å². The highest BCUT2D eigenvalue weighted by molar-refractivity contribution is 7.80. The van der Waals surface area contributed by atoms with Crippen LogP contribution in [0.1, 0.15) is 12.5 Å². The largest absolute Gasteiger partial charge is 0.493 e. The van der Waals surface area contributed by atoms with Crippen molar-refractivity contribution in [2.24, 2.45) is 5.10 Å². The fourth-order valence-electron chi connectivity index (χ4n) is 1.73. The summed E-state index contributed by atoms with van der Waals surface area (Å²) in [5.74, 6) is 0.461. The van der Waals surface area contributed by atoms with Crippen LogP contribution in [-0.4, -0.2) is 17.9 Å². The molecule has 0 bridgehead atoms. The van der Waals surface area contributed by atoms with Crippen LogP contribution in [-0.2, 0) is 0 Å². The normalized spacial score (nSPS) is 10.5. The predicted molar refractivity (Wildman–Crippen MR) is 91.0 cm³/mol. The van der Waals surface area contributed by atoms with Crippen molar-refractivity contribution >= 4 is 29.2 Å². The van der Waals surface area contributed by atoms with Crippen molar-refractivity contribution in [2.75, 3.05) is 11.9 Å². The number of thiocarbonyl (C=S) groups is 1. The lowest BCUT2D eigenvalue weighted by Gasteiger charge is -2.08. The number of nitrogens with zero attached hydrogens (tertiary/aromatic N) is 1. The molecule has 6 heteroatoms. The lowest BCUT2D eigenvalue weighted by molar-refractivity contribution is 0.340. The van der Waals surface area contributed by atoms with Crippen LogP contribution in [0.25, 0.3) is 0 Å². The van der Waals surface area contributed by atoms with E-state index in [0.717, 1.165) is 11.3 Å². The minimum atomic E-state index is -0.296. The first kappa shape index (κ1) is 15.9. The van der Waals surface area contributed by atoms with E-state index in [1.165, 1.54) is 12.1 Å². The second-order valence-corrected chi connectivity index (χ2v) is 4.71. The van der Waals surface area contributed by atoms with Crippen molar-refractivity contribution in [1.29, 1.82) is 0 Å². The number of anilines is 1. The number of hydrogen-bond donors (Lipinski definition) is 2. The first-order chi connectivity index (χ1) is 10.7. The first-order valence-corrected chi connectivity index (χ1v) is 7.17. The standard InChI is InChI=1S/C16H16FN3OS/c1-2-21-15-6-4-3-5-12(15)11-18-20-16(22)19-14-9-7-13(17)8-10-14/h3-11H,2H2,1H3,(H2,19,20,22). The van der Waals surface area contributed by atoms with Crippen LogP contribution in [0.4, 0.5) is 10.1 Å². The molecule has 0 radical (unpaired) electrons. The van der Waals surface area contributed by atoms with Crippen LogP contribution in [0.15, 0.2) is 53.6 Å². The fourth-order valence-corrected chi connectivity index (χ4v) is 1.90. The molecule has 114 valence electrons. The summed E-state index contributed by atoms with van der Waals surface area (Å²) in [6.45, 7) is 2.51. The molecule has 2 aromatic carbocycles. The topological polar surface area (TPSA) is 45.6 Å². The molecule has 0 aromatic heterocycles. The summed E-state index contributed by atoms with van der Waals surface area (Å²) in [5.41, 5.74) is 4.24. The van der Waals surface area contributed by atoms with E-state index in [4.69, 9.17) is 17.0 Å². The van der Waals surface area contributed by atoms with Crippen molar-refractivity contribution in [3.63, 3.8) is 0 Å². The summed E-state index contributed by atoms with van der Waals surface area (Å²) in [6, 6.07) is 13.5. The number of hydrazone groups is 1. The number of hydrogen-bond acceptors (Lipinski definition) is 3. The Hall–Kier alpha value is -2.47. The highest BCUT2D eigenvalue weighted by atomic mass is 32.1. The van der Waals surface area contributed by atoms with E-state index in [2.05, 4.69) is 15.8 Å². The zero-order chi connectivity index (χ0) is 15.8. The number of benzene rings is 2. The minimum Gasteiger partial charge on any atom is -0.493 e. The molecule has 2 aromatic rings. The van der Waals surface area contributed by atoms with Gasteiger partial charge in [0.2, 0.25) is 0 Å². The van der Waals surface area contributed by atoms with E-state index in [1.807, 2.05) is 31.2 Å². The predicted octanol–water partition coefficient (Wildman–Crippen LogP) is 3.54. The van der Waals surface area contributed by atoms with E-state index in [1.54, 1.807) is 18.3 Å². The van der Waals surface area contributed by atoms with Crippen molar-refractivity contribution in [1.82, 2.24) is 5.43 Å². The van der Waals surface area contributed by atoms with Crippen LogP contribution in [0.5, 0.6) is 5.75 Å². The van der Waals surface area contributed by atoms with E-state index in [9.17, 15) is 4.39 Å². The number of rotatable bonds is 5. The molecule has 0 fully saturated rings. The maximum atomic E-state index is 12.8. The van der Waals surface area contributed by atoms with Gasteiger partial charge in [-0.2, -0.15) is 5.10 Å². The molecule has 0 aliphatic rings. The summed E-state index contributed by atoms with van der Waals surface area (Å²) in [5, 5.41) is 7.29. The quantitative estimate of drug-likeness (QED) is 0.503. The second-order valence-electron chi connectivity index (χ2n) is 4.30. The molecule has 0 saturated heterocycles. The van der Waals surface area contributed by atoms with Gasteiger partial charge in [-0.1, -0.05) is 12.1 Å². The molecule has 0 unspecified atom stereocenters. The van der Waals surface area contributed by atoms with Crippen molar-refractivity contribution in [3.05, 3.63) is 59.9 Å². The first-order valence-electron chi connectivity index (χ1n) is 6.76. The third kappa shape index (κ3) is 4.82. The molecule has 0 heterocycles. The molecule has 0 atom stereocenters. The molecule has 22 heavy (non-hydrogen) atoms. The number of para-hydroxylation sites is 1. The minimum absolute atomic E-state index is 0.296. The van der Waals surface area contributed by atoms with Gasteiger partial charge in [0.05, 0.1) is 12.8 Å². The van der Waals surface area contributed by atoms with Crippen molar-refractivity contribution in [3.8, 4) is 5.75 Å². The lowest BCUT2D eigenvalue weighted by atomic mass is 10.2. The van der Waals surface area contributed by atoms with Crippen LogP contribution in [0.3, 0.4) is 0 Å². The molecule has 2 rings (SSSR count). The third-order valence-electron chi connectivity index (χ3n) is 2.69. The molecule has 0 saturated carbocycles. The van der Waals surface area contributed by atoms with Gasteiger partial charge >= 0.3 is 0 Å². The van der Waals surface area contributed by atoms with Crippen LogP contribution in [0, 0.1) is 5.82 Å². The SMILES string of the molecule is CCOc1ccccc1C=NNC(=S)Nc1ccc(F)cc1. The van der Waals surface area contributed by atoms with Gasteiger partial charge in [0, 0.05) is 11.3 Å². The Bertz CT molecular complexity index is 659. The maximum absolute atomic E-state index is 12.8. The van der Waals surface area contributed by atoms with Crippen LogP contribution in [0.2, 0.25) is 0 Å². The van der Waals surface area contributed by atoms with Crippen molar-refractivity contribution < 1.29 is 9.13 Å². The van der Waals surface area contributed by atoms with Gasteiger partial charge < -0.3 is 10.1 Å². The van der Waals surface area contributed by atoms with Gasteiger partial charge in [-0.3, -0.25) is 5.43 Å². The Labute approximate surface area is 134 Å². The summed E-state index contributed by atoms with van der Waals surface area (Å²) < 4.78 is 18.3. The molecule has 0 spiro atoms. The average Bonchev–Trinajstić information content (AvgIpc) is 2.51. The zero-order valence-electron chi connectivity index (χ0n) is 12.0. The Kier molecular flexibility index (Phi) is 5.85. The maximum Gasteiger partial charge on any atom is 0.191 e. The summed E-state index contributed by atoms with van der Waals surface area (Å²) in [4.78, 5) is 0. The second kappa shape index (κ2) is 8.09. The number of nitrogens with one attached hydrogen (secondary N) is 2. The monoisotopic (exact) mass is 317 g/mol. The molecule has 0 aliphatic heterocycles. The molecule has 0 aliphatic carbocycles. The highest BCUT2D eigenvalue weighted by Crippen LogP contribution is 2.15. The van der Waals surface area contributed by atoms with Gasteiger partial charge in [-0.05, 0) is 55.5 Å². The van der Waals surface area contributed by atoms with E-state index in [-0.39, 0.29) is 5.82 Å². The van der Waals surface area contributed by atoms with Gasteiger partial charge in [-0.25, -0.2) is 4.39 Å². The number of halogens is 1. The summed E-state index contributed by atoms with van der Waals surface area (Å²) >= 11 is 5.11. The Morgan fingerprint density at radius 2 is 1.95 bits per heavy atom. The smallest absolute Gasteiger partial charge is 0.191 e. The molecular formula is C16H16FN3OS. The van der Waals surface area contributed by atoms with Crippen molar-refractivity contribution in [2.45, 2.75) is 6.92 Å². The molecule has 0 amide bonds. The number of ether oxygens (including phenoxy) is 1. The van der Waals surface area contributed by atoms with Gasteiger partial charge in [0.15, 0.2) is 5.11 Å². The molecule has 2 N–H and O–H groups in total. The van der Waals surface area contributed by atoms with E-state index >= 15 is 0 Å². The van der Waals surface area contributed by atoms with E-state index < -0.39 is 0 Å². The van der Waals surface area contributed by atoms with Gasteiger partial charge in [-0.15, -0.1) is 0 Å². The summed E-state index contributed by atoms with van der Waals surface area (Å²) in [7, 11) is 0. The Morgan fingerprint density at radius 1 is 1.23 bits per heavy atom. The lowest BCUT2D eigenvalue weighted by Crippen LogP contribution is -2.23. The van der Waals surface area contributed by atoms with Gasteiger partial charge in [0.1, 0.15) is 11.6 Å². The Morgan fingerprint density at radius 3 is 2.68 bits per heavy atom. The zero-order valence-corrected chi connectivity index (χ0v) is 12.9. The molecular weight excluding hydrogens is 301 g/mol. The third-order valence-corrected chi connectivity index (χ3v) is 2.88. The van der Waals surface area contributed by atoms with E-state index in [0.29, 0.717) is 17.4 Å². The van der Waals surface area contributed by atoms with Crippen LogP contribution >= 0.6 is 12.2 Å². The Balaban J connectivity index is 1.92. The average molecular weight is 317 g/mol. The van der Waals surface area contributed by atoms with Crippen LogP contribution < -0.4 is 15.5 Å². The summed E-state index contributed by atoms with van der Waals surface area (Å²) in [6.07, 6.45) is 1.63.